The van der Waals surface area contributed by atoms with Gasteiger partial charge in [-0.3, -0.25) is 9.69 Å². The number of urea groups is 1. The average molecular weight is 344 g/mol. The number of carbonyl (C=O) groups excluding carboxylic acids is 2. The largest absolute Gasteiger partial charge is 0.341 e. The predicted molar refractivity (Wildman–Crippen MR) is 96.5 cm³/mol. The second kappa shape index (κ2) is 7.46. The highest BCUT2D eigenvalue weighted by molar-refractivity contribution is 7.10. The maximum Gasteiger partial charge on any atom is 0.318 e. The summed E-state index contributed by atoms with van der Waals surface area (Å²) < 4.78 is 0. The second-order valence-corrected chi connectivity index (χ2v) is 6.66. The topological polar surface area (TPSA) is 73.5 Å². The SMILES string of the molecule is CNC(=O)Nc1ccc(NC(=O)CN2CCc3sccc3C2)cc1. The van der Waals surface area contributed by atoms with E-state index in [1.807, 2.05) is 0 Å². The molecule has 7 heteroatoms. The molecule has 0 bridgehead atoms. The van der Waals surface area contributed by atoms with Crippen molar-refractivity contribution in [3.05, 3.63) is 46.2 Å². The van der Waals surface area contributed by atoms with Crippen molar-refractivity contribution in [1.29, 1.82) is 0 Å². The molecule has 0 radical (unpaired) electrons. The van der Waals surface area contributed by atoms with Crippen molar-refractivity contribution in [2.75, 3.05) is 30.8 Å². The Bertz CT molecular complexity index is 726. The number of amides is 3. The highest BCUT2D eigenvalue weighted by Crippen LogP contribution is 2.23. The van der Waals surface area contributed by atoms with Gasteiger partial charge in [-0.15, -0.1) is 11.3 Å². The van der Waals surface area contributed by atoms with Gasteiger partial charge < -0.3 is 16.0 Å². The maximum atomic E-state index is 12.2. The van der Waals surface area contributed by atoms with E-state index < -0.39 is 0 Å². The maximum absolute atomic E-state index is 12.2. The van der Waals surface area contributed by atoms with Crippen LogP contribution in [0.1, 0.15) is 10.4 Å². The molecular formula is C17H20N4O2S. The first-order valence-electron chi connectivity index (χ1n) is 7.80. The molecule has 3 N–H and O–H groups in total. The minimum atomic E-state index is -0.273. The number of fused-ring (bicyclic) bond motifs is 1. The lowest BCUT2D eigenvalue weighted by molar-refractivity contribution is -0.117. The molecule has 1 aromatic heterocycles. The molecule has 0 spiro atoms. The van der Waals surface area contributed by atoms with Gasteiger partial charge in [0.15, 0.2) is 0 Å². The van der Waals surface area contributed by atoms with Gasteiger partial charge in [0, 0.05) is 36.4 Å². The van der Waals surface area contributed by atoms with Crippen LogP contribution >= 0.6 is 11.3 Å². The summed E-state index contributed by atoms with van der Waals surface area (Å²) in [6.07, 6.45) is 1.01. The highest BCUT2D eigenvalue weighted by atomic mass is 32.1. The lowest BCUT2D eigenvalue weighted by Crippen LogP contribution is -2.36. The van der Waals surface area contributed by atoms with E-state index in [-0.39, 0.29) is 11.9 Å². The summed E-state index contributed by atoms with van der Waals surface area (Å²) in [5.41, 5.74) is 2.73. The van der Waals surface area contributed by atoms with Crippen LogP contribution in [-0.2, 0) is 17.8 Å². The molecule has 0 saturated heterocycles. The van der Waals surface area contributed by atoms with E-state index >= 15 is 0 Å². The van der Waals surface area contributed by atoms with Gasteiger partial charge in [-0.1, -0.05) is 0 Å². The predicted octanol–water partition coefficient (Wildman–Crippen LogP) is 2.50. The van der Waals surface area contributed by atoms with Crippen LogP contribution in [0.3, 0.4) is 0 Å². The quantitative estimate of drug-likeness (QED) is 0.798. The Hall–Kier alpha value is -2.38. The molecule has 126 valence electrons. The third kappa shape index (κ3) is 4.12. The van der Waals surface area contributed by atoms with Gasteiger partial charge >= 0.3 is 6.03 Å². The van der Waals surface area contributed by atoms with Gasteiger partial charge in [0.2, 0.25) is 5.91 Å². The number of benzene rings is 1. The van der Waals surface area contributed by atoms with Crippen molar-refractivity contribution in [3.8, 4) is 0 Å². The Kier molecular flexibility index (Phi) is 5.12. The fourth-order valence-corrected chi connectivity index (χ4v) is 3.57. The third-order valence-electron chi connectivity index (χ3n) is 3.91. The lowest BCUT2D eigenvalue weighted by atomic mass is 10.1. The average Bonchev–Trinajstić information content (AvgIpc) is 3.04. The molecule has 24 heavy (non-hydrogen) atoms. The smallest absolute Gasteiger partial charge is 0.318 e. The molecule has 0 saturated carbocycles. The van der Waals surface area contributed by atoms with Gasteiger partial charge in [0.25, 0.3) is 0 Å². The number of nitrogens with zero attached hydrogens (tertiary/aromatic N) is 1. The number of nitrogens with one attached hydrogen (secondary N) is 3. The molecule has 1 aliphatic rings. The second-order valence-electron chi connectivity index (χ2n) is 5.66. The normalized spacial score (nSPS) is 13.9. The number of anilines is 2. The first kappa shape index (κ1) is 16.5. The third-order valence-corrected chi connectivity index (χ3v) is 4.93. The van der Waals surface area contributed by atoms with Crippen LogP contribution in [0, 0.1) is 0 Å². The molecule has 0 aliphatic carbocycles. The molecule has 0 atom stereocenters. The van der Waals surface area contributed by atoms with E-state index in [4.69, 9.17) is 0 Å². The molecular weight excluding hydrogens is 324 g/mol. The first-order valence-corrected chi connectivity index (χ1v) is 8.68. The number of hydrogen-bond acceptors (Lipinski definition) is 4. The van der Waals surface area contributed by atoms with Crippen LogP contribution in [0.5, 0.6) is 0 Å². The van der Waals surface area contributed by atoms with E-state index in [2.05, 4.69) is 32.3 Å². The summed E-state index contributed by atoms with van der Waals surface area (Å²) in [7, 11) is 1.56. The van der Waals surface area contributed by atoms with Gasteiger partial charge in [-0.25, -0.2) is 4.79 Å². The van der Waals surface area contributed by atoms with E-state index in [1.54, 1.807) is 42.6 Å². The monoisotopic (exact) mass is 344 g/mol. The Morgan fingerprint density at radius 2 is 1.83 bits per heavy atom. The van der Waals surface area contributed by atoms with E-state index in [9.17, 15) is 9.59 Å². The summed E-state index contributed by atoms with van der Waals surface area (Å²) in [6, 6.07) is 8.92. The van der Waals surface area contributed by atoms with Gasteiger partial charge in [0.05, 0.1) is 6.54 Å². The zero-order valence-electron chi connectivity index (χ0n) is 13.5. The Balaban J connectivity index is 1.51. The summed E-state index contributed by atoms with van der Waals surface area (Å²) in [4.78, 5) is 27.0. The van der Waals surface area contributed by atoms with Crippen LogP contribution in [0.15, 0.2) is 35.7 Å². The standard InChI is InChI=1S/C17H20N4O2S/c1-18-17(23)20-14-4-2-13(3-5-14)19-16(22)11-21-8-6-15-12(10-21)7-9-24-15/h2-5,7,9H,6,8,10-11H2,1H3,(H,19,22)(H2,18,20,23). The number of carbonyl (C=O) groups is 2. The molecule has 3 rings (SSSR count). The van der Waals surface area contributed by atoms with Crippen molar-refractivity contribution in [2.24, 2.45) is 0 Å². The van der Waals surface area contributed by atoms with E-state index in [0.29, 0.717) is 12.2 Å². The molecule has 3 amide bonds. The van der Waals surface area contributed by atoms with Crippen molar-refractivity contribution < 1.29 is 9.59 Å². The zero-order valence-corrected chi connectivity index (χ0v) is 14.3. The first-order chi connectivity index (χ1) is 11.6. The highest BCUT2D eigenvalue weighted by Gasteiger charge is 2.19. The lowest BCUT2D eigenvalue weighted by Gasteiger charge is -2.26. The summed E-state index contributed by atoms with van der Waals surface area (Å²) >= 11 is 1.79. The fourth-order valence-electron chi connectivity index (χ4n) is 2.68. The van der Waals surface area contributed by atoms with Crippen LogP contribution < -0.4 is 16.0 Å². The number of rotatable bonds is 4. The van der Waals surface area contributed by atoms with Crippen molar-refractivity contribution >= 4 is 34.6 Å². The van der Waals surface area contributed by atoms with Crippen molar-refractivity contribution in [1.82, 2.24) is 10.2 Å². The van der Waals surface area contributed by atoms with Crippen molar-refractivity contribution in [2.45, 2.75) is 13.0 Å². The molecule has 1 aromatic carbocycles. The van der Waals surface area contributed by atoms with Crippen molar-refractivity contribution in [3.63, 3.8) is 0 Å². The summed E-state index contributed by atoms with van der Waals surface area (Å²) in [5.74, 6) is -0.0271. The van der Waals surface area contributed by atoms with Gasteiger partial charge in [0.1, 0.15) is 0 Å². The molecule has 0 fully saturated rings. The van der Waals surface area contributed by atoms with Crippen LogP contribution in [0.4, 0.5) is 16.2 Å². The van der Waals surface area contributed by atoms with E-state index in [1.165, 1.54) is 10.4 Å². The van der Waals surface area contributed by atoms with Crippen LogP contribution in [-0.4, -0.2) is 37.0 Å². The molecule has 2 aromatic rings. The van der Waals surface area contributed by atoms with Crippen LogP contribution in [0.25, 0.3) is 0 Å². The zero-order chi connectivity index (χ0) is 16.9. The van der Waals surface area contributed by atoms with Gasteiger partial charge in [-0.05, 0) is 47.7 Å². The number of hydrogen-bond donors (Lipinski definition) is 3. The molecule has 2 heterocycles. The minimum absolute atomic E-state index is 0.0271. The minimum Gasteiger partial charge on any atom is -0.341 e. The molecule has 0 unspecified atom stereocenters. The molecule has 1 aliphatic heterocycles. The van der Waals surface area contributed by atoms with E-state index in [0.717, 1.165) is 25.2 Å². The van der Waals surface area contributed by atoms with Gasteiger partial charge in [-0.2, -0.15) is 0 Å². The summed E-state index contributed by atoms with van der Waals surface area (Å²) in [5, 5.41) is 10.2. The fraction of sp³-hybridized carbons (Fsp3) is 0.294. The van der Waals surface area contributed by atoms with Crippen LogP contribution in [0.2, 0.25) is 0 Å². The number of thiophene rings is 1. The Morgan fingerprint density at radius 1 is 1.12 bits per heavy atom. The Morgan fingerprint density at radius 3 is 2.54 bits per heavy atom. The Labute approximate surface area is 144 Å². The summed E-state index contributed by atoms with van der Waals surface area (Å²) in [6.45, 7) is 2.13. The molecule has 6 nitrogen and oxygen atoms in total.